The number of aliphatic hydroxyl groups excluding tert-OH is 1. The Labute approximate surface area is 211 Å². The summed E-state index contributed by atoms with van der Waals surface area (Å²) in [7, 11) is 0. The maximum Gasteiger partial charge on any atom is 0.355 e. The second kappa shape index (κ2) is 10.7. The van der Waals surface area contributed by atoms with E-state index in [1.165, 1.54) is 23.5 Å². The van der Waals surface area contributed by atoms with E-state index in [9.17, 15) is 24.6 Å². The van der Waals surface area contributed by atoms with Crippen molar-refractivity contribution < 1.29 is 24.6 Å². The maximum atomic E-state index is 13.0. The number of hydrogen-bond acceptors (Lipinski definition) is 7. The molecule has 7 N–H and O–H groups in total. The Balaban J connectivity index is 1.90. The number of aromatic nitrogens is 1. The normalized spacial score (nSPS) is 12.0. The van der Waals surface area contributed by atoms with Gasteiger partial charge in [0.05, 0.1) is 18.2 Å². The summed E-state index contributed by atoms with van der Waals surface area (Å²) >= 11 is 1.17. The van der Waals surface area contributed by atoms with Crippen molar-refractivity contribution in [2.24, 2.45) is 11.1 Å². The average Bonchev–Trinajstić information content (AvgIpc) is 3.31. The third-order valence-corrected chi connectivity index (χ3v) is 6.42. The van der Waals surface area contributed by atoms with E-state index in [4.69, 9.17) is 11.1 Å². The highest BCUT2D eigenvalue weighted by atomic mass is 32.1. The fourth-order valence-corrected chi connectivity index (χ4v) is 4.25. The summed E-state index contributed by atoms with van der Waals surface area (Å²) < 4.78 is 0. The fourth-order valence-electron chi connectivity index (χ4n) is 3.33. The highest BCUT2D eigenvalue weighted by Crippen LogP contribution is 2.32. The minimum absolute atomic E-state index is 0.0934. The van der Waals surface area contributed by atoms with Gasteiger partial charge in [-0.05, 0) is 53.3 Å². The summed E-state index contributed by atoms with van der Waals surface area (Å²) in [6.07, 6.45) is 0. The van der Waals surface area contributed by atoms with E-state index in [2.05, 4.69) is 15.6 Å². The lowest BCUT2D eigenvalue weighted by atomic mass is 9.87. The molecule has 0 spiro atoms. The number of nitrogens with one attached hydrogen (secondary N) is 3. The molecule has 0 saturated heterocycles. The largest absolute Gasteiger partial charge is 0.476 e. The number of nitrogens with two attached hydrogens (primary N) is 1. The maximum absolute atomic E-state index is 13.0. The molecule has 2 amide bonds. The number of carboxylic acids is 1. The quantitative estimate of drug-likeness (QED) is 0.199. The van der Waals surface area contributed by atoms with Crippen LogP contribution in [0.4, 0.5) is 5.69 Å². The van der Waals surface area contributed by atoms with Gasteiger partial charge in [0.2, 0.25) is 0 Å². The summed E-state index contributed by atoms with van der Waals surface area (Å²) in [5.41, 5.74) is 5.96. The number of benzene rings is 1. The lowest BCUT2D eigenvalue weighted by Gasteiger charge is -2.29. The van der Waals surface area contributed by atoms with Gasteiger partial charge in [-0.2, -0.15) is 0 Å². The molecule has 2 heterocycles. The van der Waals surface area contributed by atoms with Crippen LogP contribution in [0.5, 0.6) is 0 Å². The van der Waals surface area contributed by atoms with Gasteiger partial charge in [-0.3, -0.25) is 15.0 Å². The van der Waals surface area contributed by atoms with E-state index in [1.54, 1.807) is 35.7 Å². The molecule has 3 rings (SSSR count). The van der Waals surface area contributed by atoms with E-state index in [0.29, 0.717) is 16.1 Å². The van der Waals surface area contributed by atoms with Crippen molar-refractivity contribution in [2.45, 2.75) is 26.8 Å². The first-order chi connectivity index (χ1) is 16.9. The smallest absolute Gasteiger partial charge is 0.355 e. The molecule has 0 radical (unpaired) electrons. The predicted octanol–water partition coefficient (Wildman–Crippen LogP) is 3.18. The standard InChI is InChI=1S/C25H27N5O5S/c1-25(2,3)18(12-31)30-23(33)17-9-8-15(19(29-17)24(34)35)20-16(10-11-36-20)22(32)28-14-6-4-13(5-7-14)21(26)27/h4-11,18,31H,12H2,1-3H3,(H3,26,27)(H,28,32)(H,30,33)(H,34,35). The minimum atomic E-state index is -1.35. The zero-order chi connectivity index (χ0) is 26.6. The number of amidine groups is 1. The first-order valence-electron chi connectivity index (χ1n) is 10.9. The minimum Gasteiger partial charge on any atom is -0.476 e. The van der Waals surface area contributed by atoms with Gasteiger partial charge in [-0.25, -0.2) is 9.78 Å². The number of anilines is 1. The van der Waals surface area contributed by atoms with Crippen molar-refractivity contribution in [3.63, 3.8) is 0 Å². The summed E-state index contributed by atoms with van der Waals surface area (Å²) in [6, 6.07) is 10.3. The van der Waals surface area contributed by atoms with E-state index >= 15 is 0 Å². The predicted molar refractivity (Wildman–Crippen MR) is 138 cm³/mol. The van der Waals surface area contributed by atoms with Crippen LogP contribution in [0.2, 0.25) is 0 Å². The number of amides is 2. The first kappa shape index (κ1) is 26.5. The number of aromatic carboxylic acids is 1. The molecule has 3 aromatic rings. The molecule has 11 heteroatoms. The summed E-state index contributed by atoms with van der Waals surface area (Å²) in [5.74, 6) is -2.52. The second-order valence-corrected chi connectivity index (χ2v) is 10.00. The lowest BCUT2D eigenvalue weighted by Crippen LogP contribution is -2.46. The molecule has 0 fully saturated rings. The number of rotatable bonds is 8. The number of carbonyl (C=O) groups is 3. The van der Waals surface area contributed by atoms with Crippen LogP contribution in [-0.2, 0) is 0 Å². The zero-order valence-corrected chi connectivity index (χ0v) is 20.8. The van der Waals surface area contributed by atoms with Crippen LogP contribution < -0.4 is 16.4 Å². The van der Waals surface area contributed by atoms with Crippen molar-refractivity contribution in [3.8, 4) is 10.4 Å². The number of carbonyl (C=O) groups excluding carboxylic acids is 2. The Morgan fingerprint density at radius 3 is 2.31 bits per heavy atom. The SMILES string of the molecule is CC(C)(C)C(CO)NC(=O)c1ccc(-c2sccc2C(=O)Nc2ccc(C(=N)N)cc2)c(C(=O)O)n1. The Kier molecular flexibility index (Phi) is 7.86. The van der Waals surface area contributed by atoms with Crippen LogP contribution in [-0.4, -0.2) is 51.5 Å². The molecule has 188 valence electrons. The molecular weight excluding hydrogens is 482 g/mol. The van der Waals surface area contributed by atoms with Gasteiger partial charge in [-0.1, -0.05) is 20.8 Å². The van der Waals surface area contributed by atoms with E-state index in [1.807, 2.05) is 20.8 Å². The number of hydrogen-bond donors (Lipinski definition) is 6. The van der Waals surface area contributed by atoms with Gasteiger partial charge in [0.1, 0.15) is 11.5 Å². The van der Waals surface area contributed by atoms with Crippen LogP contribution in [0, 0.1) is 10.8 Å². The topological polar surface area (TPSA) is 178 Å². The summed E-state index contributed by atoms with van der Waals surface area (Å²) in [4.78, 5) is 42.2. The monoisotopic (exact) mass is 509 g/mol. The van der Waals surface area contributed by atoms with Gasteiger partial charge >= 0.3 is 5.97 Å². The molecule has 1 unspecified atom stereocenters. The molecule has 1 aromatic carbocycles. The van der Waals surface area contributed by atoms with Crippen molar-refractivity contribution in [3.05, 3.63) is 70.4 Å². The van der Waals surface area contributed by atoms with Gasteiger partial charge in [0.15, 0.2) is 5.69 Å². The van der Waals surface area contributed by atoms with E-state index < -0.39 is 29.2 Å². The molecule has 1 atom stereocenters. The van der Waals surface area contributed by atoms with Crippen molar-refractivity contribution in [1.29, 1.82) is 5.41 Å². The van der Waals surface area contributed by atoms with Gasteiger partial charge in [0, 0.05) is 21.7 Å². The number of pyridine rings is 1. The number of nitrogen functional groups attached to an aromatic ring is 1. The zero-order valence-electron chi connectivity index (χ0n) is 20.0. The van der Waals surface area contributed by atoms with Gasteiger partial charge in [-0.15, -0.1) is 11.3 Å². The van der Waals surface area contributed by atoms with Crippen LogP contribution in [0.1, 0.15) is 57.7 Å². The molecule has 10 nitrogen and oxygen atoms in total. The van der Waals surface area contributed by atoms with Crippen LogP contribution in [0.25, 0.3) is 10.4 Å². The van der Waals surface area contributed by atoms with Gasteiger partial charge in [0.25, 0.3) is 11.8 Å². The number of thiophene rings is 1. The highest BCUT2D eigenvalue weighted by Gasteiger charge is 2.28. The molecule has 0 bridgehead atoms. The molecule has 0 aliphatic carbocycles. The Bertz CT molecular complexity index is 1310. The molecular formula is C25H27N5O5S. The fraction of sp³-hybridized carbons (Fsp3) is 0.240. The lowest BCUT2D eigenvalue weighted by molar-refractivity contribution is 0.0690. The Morgan fingerprint density at radius 2 is 1.75 bits per heavy atom. The third kappa shape index (κ3) is 5.93. The Morgan fingerprint density at radius 1 is 1.08 bits per heavy atom. The van der Waals surface area contributed by atoms with Crippen molar-refractivity contribution in [1.82, 2.24) is 10.3 Å². The molecule has 0 saturated carbocycles. The average molecular weight is 510 g/mol. The molecule has 0 aliphatic rings. The van der Waals surface area contributed by atoms with E-state index in [0.717, 1.165) is 0 Å². The third-order valence-electron chi connectivity index (χ3n) is 5.47. The van der Waals surface area contributed by atoms with Gasteiger partial charge < -0.3 is 26.6 Å². The van der Waals surface area contributed by atoms with Crippen LogP contribution >= 0.6 is 11.3 Å². The number of carboxylic acid groups (broad SMARTS) is 1. The van der Waals surface area contributed by atoms with Crippen LogP contribution in [0.3, 0.4) is 0 Å². The van der Waals surface area contributed by atoms with E-state index in [-0.39, 0.29) is 35.0 Å². The second-order valence-electron chi connectivity index (χ2n) is 9.08. The van der Waals surface area contributed by atoms with Crippen molar-refractivity contribution in [2.75, 3.05) is 11.9 Å². The van der Waals surface area contributed by atoms with Crippen LogP contribution in [0.15, 0.2) is 47.8 Å². The van der Waals surface area contributed by atoms with Crippen molar-refractivity contribution >= 4 is 40.6 Å². The molecule has 2 aromatic heterocycles. The first-order valence-corrected chi connectivity index (χ1v) is 11.8. The highest BCUT2D eigenvalue weighted by molar-refractivity contribution is 7.14. The number of nitrogens with zero attached hydrogens (tertiary/aromatic N) is 1. The Hall–Kier alpha value is -4.09. The summed E-state index contributed by atoms with van der Waals surface area (Å²) in [6.45, 7) is 5.28. The number of aliphatic hydroxyl groups is 1. The summed E-state index contributed by atoms with van der Waals surface area (Å²) in [5, 5.41) is 34.0. The molecule has 0 aliphatic heterocycles. The molecule has 36 heavy (non-hydrogen) atoms.